The van der Waals surface area contributed by atoms with Crippen molar-refractivity contribution in [3.05, 3.63) is 45.9 Å². The minimum Gasteiger partial charge on any atom is -0.410 e. The van der Waals surface area contributed by atoms with Crippen LogP contribution in [0.3, 0.4) is 0 Å². The Labute approximate surface area is 164 Å². The van der Waals surface area contributed by atoms with Gasteiger partial charge in [0.25, 0.3) is 0 Å². The largest absolute Gasteiger partial charge is 0.418 e. The number of hydrogen-bond donors (Lipinski definition) is 2. The van der Waals surface area contributed by atoms with Gasteiger partial charge in [0.2, 0.25) is 0 Å². The molecule has 0 aliphatic heterocycles. The van der Waals surface area contributed by atoms with Crippen LogP contribution < -0.4 is 0 Å². The van der Waals surface area contributed by atoms with Crippen molar-refractivity contribution < 1.29 is 36.8 Å². The number of nitrogens with zero attached hydrogens (tertiary/aromatic N) is 6. The van der Waals surface area contributed by atoms with Crippen molar-refractivity contribution >= 4 is 38.0 Å². The number of rotatable bonds is 0. The zero-order chi connectivity index (χ0) is 21.6. The lowest BCUT2D eigenvalue weighted by Gasteiger charge is -2.11. The second-order valence-corrected chi connectivity index (χ2v) is 6.39. The third-order valence-corrected chi connectivity index (χ3v) is 4.05. The van der Waals surface area contributed by atoms with Crippen LogP contribution in [0.5, 0.6) is 0 Å². The maximum atomic E-state index is 12.6. The summed E-state index contributed by atoms with van der Waals surface area (Å²) >= 11 is 3.28. The van der Waals surface area contributed by atoms with Gasteiger partial charge in [-0.2, -0.15) is 26.3 Å². The molecule has 0 amide bonds. The Morgan fingerprint density at radius 2 is 1.41 bits per heavy atom. The van der Waals surface area contributed by atoms with Gasteiger partial charge in [0.15, 0.2) is 0 Å². The van der Waals surface area contributed by atoms with E-state index in [1.807, 2.05) is 6.07 Å². The maximum absolute atomic E-state index is 12.6. The first-order chi connectivity index (χ1) is 13.4. The standard InChI is InChI=1S/C8H3F6N3O.C6H4BrN3O/c9-7(10,11)3-1-4(8(12,13)14)6-5(2-3)17(18)16-15-6;7-4-1-2-6-5(3-4)8-9-10(6)11/h1-2,18H;1-3,11H. The van der Waals surface area contributed by atoms with Crippen molar-refractivity contribution in [3.63, 3.8) is 0 Å². The number of fused-ring (bicyclic) bond motifs is 2. The molecule has 2 aromatic carbocycles. The third-order valence-electron chi connectivity index (χ3n) is 3.56. The highest BCUT2D eigenvalue weighted by molar-refractivity contribution is 9.10. The first kappa shape index (κ1) is 20.6. The predicted octanol–water partition coefficient (Wildman–Crippen LogP) is 4.14. The smallest absolute Gasteiger partial charge is 0.410 e. The van der Waals surface area contributed by atoms with E-state index in [0.717, 1.165) is 9.32 Å². The zero-order valence-electron chi connectivity index (χ0n) is 13.6. The molecule has 0 saturated carbocycles. The predicted molar refractivity (Wildman–Crippen MR) is 87.1 cm³/mol. The van der Waals surface area contributed by atoms with Crippen molar-refractivity contribution in [3.8, 4) is 0 Å². The summed E-state index contributed by atoms with van der Waals surface area (Å²) in [5, 5.41) is 31.0. The fourth-order valence-electron chi connectivity index (χ4n) is 2.28. The van der Waals surface area contributed by atoms with Gasteiger partial charge in [0.05, 0.1) is 11.1 Å². The summed E-state index contributed by atoms with van der Waals surface area (Å²) in [6, 6.07) is 5.61. The van der Waals surface area contributed by atoms with E-state index in [2.05, 4.69) is 36.6 Å². The van der Waals surface area contributed by atoms with Gasteiger partial charge in [-0.05, 0) is 40.8 Å². The van der Waals surface area contributed by atoms with E-state index >= 15 is 0 Å². The van der Waals surface area contributed by atoms with Gasteiger partial charge in [-0.1, -0.05) is 25.6 Å². The molecule has 154 valence electrons. The SMILES string of the molecule is On1nnc2c(C(F)(F)F)cc(C(F)(F)F)cc21.On1nnc2cc(Br)ccc21. The lowest BCUT2D eigenvalue weighted by molar-refractivity contribution is -0.142. The van der Waals surface area contributed by atoms with Crippen LogP contribution in [0.25, 0.3) is 22.1 Å². The second-order valence-electron chi connectivity index (χ2n) is 5.48. The van der Waals surface area contributed by atoms with Gasteiger partial charge in [-0.3, -0.25) is 0 Å². The van der Waals surface area contributed by atoms with Crippen molar-refractivity contribution in [1.82, 2.24) is 30.3 Å². The van der Waals surface area contributed by atoms with Crippen LogP contribution in [0.1, 0.15) is 11.1 Å². The van der Waals surface area contributed by atoms with Gasteiger partial charge in [-0.25, -0.2) is 0 Å². The second kappa shape index (κ2) is 7.06. The summed E-state index contributed by atoms with van der Waals surface area (Å²) in [6.07, 6.45) is -10.0. The molecule has 0 saturated heterocycles. The maximum Gasteiger partial charge on any atom is 0.418 e. The molecule has 2 N–H and O–H groups in total. The molecule has 15 heteroatoms. The summed E-state index contributed by atoms with van der Waals surface area (Å²) in [5.74, 6) is 0. The van der Waals surface area contributed by atoms with E-state index in [1.54, 1.807) is 12.1 Å². The molecule has 0 bridgehead atoms. The van der Waals surface area contributed by atoms with E-state index in [-0.39, 0.29) is 10.9 Å². The molecule has 29 heavy (non-hydrogen) atoms. The van der Waals surface area contributed by atoms with Gasteiger partial charge in [0, 0.05) is 4.47 Å². The quantitative estimate of drug-likeness (QED) is 0.287. The number of benzene rings is 2. The van der Waals surface area contributed by atoms with Crippen molar-refractivity contribution in [2.24, 2.45) is 0 Å². The first-order valence-electron chi connectivity index (χ1n) is 7.31. The van der Waals surface area contributed by atoms with Crippen LogP contribution in [-0.4, -0.2) is 40.7 Å². The lowest BCUT2D eigenvalue weighted by Crippen LogP contribution is -2.11. The van der Waals surface area contributed by atoms with Crippen molar-refractivity contribution in [2.75, 3.05) is 0 Å². The fourth-order valence-corrected chi connectivity index (χ4v) is 2.63. The van der Waals surface area contributed by atoms with E-state index in [1.165, 1.54) is 0 Å². The Balaban J connectivity index is 0.000000186. The summed E-state index contributed by atoms with van der Waals surface area (Å²) in [6.45, 7) is 0. The average molecular weight is 485 g/mol. The molecule has 0 atom stereocenters. The number of hydrogen-bond acceptors (Lipinski definition) is 6. The molecule has 2 heterocycles. The van der Waals surface area contributed by atoms with Gasteiger partial charge in [0.1, 0.15) is 22.1 Å². The van der Waals surface area contributed by atoms with E-state index in [0.29, 0.717) is 17.1 Å². The molecule has 0 aliphatic carbocycles. The molecule has 0 radical (unpaired) electrons. The summed E-state index contributed by atoms with van der Waals surface area (Å²) in [4.78, 5) is 0.613. The third kappa shape index (κ3) is 4.18. The first-order valence-corrected chi connectivity index (χ1v) is 8.10. The van der Waals surface area contributed by atoms with E-state index in [4.69, 9.17) is 10.4 Å². The number of halogens is 7. The van der Waals surface area contributed by atoms with E-state index < -0.39 is 34.5 Å². The lowest BCUT2D eigenvalue weighted by atomic mass is 10.1. The Bertz CT molecular complexity index is 1190. The Morgan fingerprint density at radius 1 is 0.793 bits per heavy atom. The number of aromatic nitrogens is 6. The Hall–Kier alpha value is -3.10. The highest BCUT2D eigenvalue weighted by atomic mass is 79.9. The minimum atomic E-state index is -5.03. The topological polar surface area (TPSA) is 102 Å². The highest BCUT2D eigenvalue weighted by Gasteiger charge is 2.39. The van der Waals surface area contributed by atoms with Gasteiger partial charge >= 0.3 is 12.4 Å². The molecule has 0 spiro atoms. The molecule has 4 aromatic rings. The molecule has 0 aliphatic rings. The number of alkyl halides is 6. The van der Waals surface area contributed by atoms with Crippen LogP contribution in [0.15, 0.2) is 34.8 Å². The average Bonchev–Trinajstić information content (AvgIpc) is 3.16. The van der Waals surface area contributed by atoms with Crippen molar-refractivity contribution in [1.29, 1.82) is 0 Å². The zero-order valence-corrected chi connectivity index (χ0v) is 15.2. The molecule has 0 unspecified atom stereocenters. The Morgan fingerprint density at radius 3 is 2.03 bits per heavy atom. The molecule has 8 nitrogen and oxygen atoms in total. The van der Waals surface area contributed by atoms with Gasteiger partial charge in [-0.15, -0.1) is 10.2 Å². The monoisotopic (exact) mass is 484 g/mol. The molecule has 4 rings (SSSR count). The summed E-state index contributed by atoms with van der Waals surface area (Å²) in [5.41, 5.74) is -3.49. The molecular weight excluding hydrogens is 478 g/mol. The molecule has 2 aromatic heterocycles. The van der Waals surface area contributed by atoms with E-state index in [9.17, 15) is 26.3 Å². The summed E-state index contributed by atoms with van der Waals surface area (Å²) in [7, 11) is 0. The van der Waals surface area contributed by atoms with Crippen molar-refractivity contribution in [2.45, 2.75) is 12.4 Å². The fraction of sp³-hybridized carbons (Fsp3) is 0.143. The van der Waals surface area contributed by atoms with Crippen LogP contribution in [0, 0.1) is 0 Å². The minimum absolute atomic E-state index is 0.0724. The molecular formula is C14H7BrF6N6O2. The van der Waals surface area contributed by atoms with Crippen LogP contribution in [0.2, 0.25) is 0 Å². The highest BCUT2D eigenvalue weighted by Crippen LogP contribution is 2.39. The van der Waals surface area contributed by atoms with Crippen LogP contribution >= 0.6 is 15.9 Å². The summed E-state index contributed by atoms with van der Waals surface area (Å²) < 4.78 is 75.9. The normalized spacial score (nSPS) is 12.2. The Kier molecular flexibility index (Phi) is 5.02. The van der Waals surface area contributed by atoms with Crippen LogP contribution in [-0.2, 0) is 12.4 Å². The van der Waals surface area contributed by atoms with Gasteiger partial charge < -0.3 is 10.4 Å². The molecule has 0 fully saturated rings. The van der Waals surface area contributed by atoms with Crippen LogP contribution in [0.4, 0.5) is 26.3 Å².